The molecular weight excluding hydrogens is 278 g/mol. The van der Waals surface area contributed by atoms with Crippen LogP contribution < -0.4 is 5.32 Å². The minimum Gasteiger partial charge on any atom is -0.316 e. The van der Waals surface area contributed by atoms with Crippen LogP contribution in [0.2, 0.25) is 0 Å². The second-order valence-corrected chi connectivity index (χ2v) is 6.32. The Balaban J connectivity index is 1.86. The van der Waals surface area contributed by atoms with E-state index in [-0.39, 0.29) is 0 Å². The summed E-state index contributed by atoms with van der Waals surface area (Å²) in [6.07, 6.45) is 0. The average molecular weight is 303 g/mol. The van der Waals surface area contributed by atoms with Crippen molar-refractivity contribution in [3.8, 4) is 0 Å². The van der Waals surface area contributed by atoms with Crippen LogP contribution in [0.1, 0.15) is 36.6 Å². The number of hydrogen-bond donors (Lipinski definition) is 1. The molecule has 0 amide bonds. The van der Waals surface area contributed by atoms with Gasteiger partial charge in [-0.05, 0) is 30.6 Å². The lowest BCUT2D eigenvalue weighted by Crippen LogP contribution is -2.19. The fraction of sp³-hybridized carbons (Fsp3) is 0.471. The molecule has 2 rings (SSSR count). The molecule has 1 aromatic heterocycles. The summed E-state index contributed by atoms with van der Waals surface area (Å²) in [5.41, 5.74) is 5.80. The maximum absolute atomic E-state index is 4.33. The van der Waals surface area contributed by atoms with Crippen molar-refractivity contribution in [3.05, 3.63) is 52.0 Å². The van der Waals surface area contributed by atoms with Gasteiger partial charge in [-0.2, -0.15) is 0 Å². The van der Waals surface area contributed by atoms with Crippen molar-refractivity contribution < 1.29 is 0 Å². The second kappa shape index (κ2) is 8.27. The predicted molar refractivity (Wildman–Crippen MR) is 90.7 cm³/mol. The van der Waals surface area contributed by atoms with Gasteiger partial charge >= 0.3 is 0 Å². The molecule has 1 atom stereocenters. The lowest BCUT2D eigenvalue weighted by Gasteiger charge is -2.17. The van der Waals surface area contributed by atoms with E-state index in [0.29, 0.717) is 5.92 Å². The number of nitrogens with one attached hydrogen (secondary N) is 1. The molecule has 21 heavy (non-hydrogen) atoms. The van der Waals surface area contributed by atoms with Crippen LogP contribution in [0.3, 0.4) is 0 Å². The van der Waals surface area contributed by atoms with Gasteiger partial charge in [0.2, 0.25) is 0 Å². The SMILES string of the molecule is CCNCC(C)c1ccc(CN(C)Cc2cscn2)cc1. The number of nitrogens with zero attached hydrogens (tertiary/aromatic N) is 2. The molecule has 4 heteroatoms. The molecule has 0 aliphatic rings. The van der Waals surface area contributed by atoms with Crippen molar-refractivity contribution in [2.24, 2.45) is 0 Å². The summed E-state index contributed by atoms with van der Waals surface area (Å²) in [6.45, 7) is 8.35. The van der Waals surface area contributed by atoms with Crippen LogP contribution in [0.5, 0.6) is 0 Å². The van der Waals surface area contributed by atoms with E-state index < -0.39 is 0 Å². The molecule has 1 unspecified atom stereocenters. The summed E-state index contributed by atoms with van der Waals surface area (Å²) in [7, 11) is 2.14. The van der Waals surface area contributed by atoms with E-state index in [9.17, 15) is 0 Å². The van der Waals surface area contributed by atoms with Gasteiger partial charge in [-0.25, -0.2) is 4.98 Å². The van der Waals surface area contributed by atoms with Crippen LogP contribution in [0.25, 0.3) is 0 Å². The number of thiazole rings is 1. The molecule has 0 fully saturated rings. The third-order valence-electron chi connectivity index (χ3n) is 3.62. The van der Waals surface area contributed by atoms with E-state index in [1.165, 1.54) is 11.1 Å². The summed E-state index contributed by atoms with van der Waals surface area (Å²) >= 11 is 1.66. The highest BCUT2D eigenvalue weighted by molar-refractivity contribution is 7.07. The Labute approximate surface area is 132 Å². The van der Waals surface area contributed by atoms with Crippen LogP contribution in [0.4, 0.5) is 0 Å². The normalized spacial score (nSPS) is 12.8. The molecule has 2 aromatic rings. The Morgan fingerprint density at radius 1 is 1.24 bits per heavy atom. The second-order valence-electron chi connectivity index (χ2n) is 5.60. The largest absolute Gasteiger partial charge is 0.316 e. The Hall–Kier alpha value is -1.23. The Bertz CT molecular complexity index is 507. The van der Waals surface area contributed by atoms with E-state index in [0.717, 1.165) is 31.9 Å². The molecule has 0 bridgehead atoms. The van der Waals surface area contributed by atoms with Crippen LogP contribution in [-0.4, -0.2) is 30.0 Å². The molecule has 1 aromatic carbocycles. The first-order valence-electron chi connectivity index (χ1n) is 7.54. The highest BCUT2D eigenvalue weighted by atomic mass is 32.1. The van der Waals surface area contributed by atoms with Gasteiger partial charge in [0, 0.05) is 25.0 Å². The summed E-state index contributed by atoms with van der Waals surface area (Å²) in [5.74, 6) is 0.562. The van der Waals surface area contributed by atoms with Gasteiger partial charge in [-0.15, -0.1) is 11.3 Å². The third-order valence-corrected chi connectivity index (χ3v) is 4.25. The summed E-state index contributed by atoms with van der Waals surface area (Å²) < 4.78 is 0. The average Bonchev–Trinajstić information content (AvgIpc) is 2.98. The van der Waals surface area contributed by atoms with Gasteiger partial charge in [-0.3, -0.25) is 4.90 Å². The Morgan fingerprint density at radius 2 is 2.00 bits per heavy atom. The zero-order valence-corrected chi connectivity index (χ0v) is 14.0. The molecule has 0 saturated heterocycles. The van der Waals surface area contributed by atoms with Crippen LogP contribution in [0, 0.1) is 0 Å². The predicted octanol–water partition coefficient (Wildman–Crippen LogP) is 3.49. The first-order chi connectivity index (χ1) is 10.2. The zero-order valence-electron chi connectivity index (χ0n) is 13.2. The van der Waals surface area contributed by atoms with Crippen molar-refractivity contribution >= 4 is 11.3 Å². The van der Waals surface area contributed by atoms with Crippen LogP contribution in [-0.2, 0) is 13.1 Å². The third kappa shape index (κ3) is 5.23. The Kier molecular flexibility index (Phi) is 6.36. The molecule has 1 heterocycles. The molecular formula is C17H25N3S. The highest BCUT2D eigenvalue weighted by Crippen LogP contribution is 2.16. The standard InChI is InChI=1S/C17H25N3S/c1-4-18-9-14(2)16-7-5-15(6-8-16)10-20(3)11-17-12-21-13-19-17/h5-8,12-14,18H,4,9-11H2,1-3H3. The van der Waals surface area contributed by atoms with Crippen molar-refractivity contribution in [1.82, 2.24) is 15.2 Å². The van der Waals surface area contributed by atoms with Gasteiger partial charge in [0.1, 0.15) is 0 Å². The molecule has 0 spiro atoms. The fourth-order valence-corrected chi connectivity index (χ4v) is 2.94. The number of rotatable bonds is 8. The summed E-state index contributed by atoms with van der Waals surface area (Å²) in [6, 6.07) is 9.01. The fourth-order valence-electron chi connectivity index (χ4n) is 2.39. The molecule has 0 saturated carbocycles. The maximum Gasteiger partial charge on any atom is 0.0795 e. The smallest absolute Gasteiger partial charge is 0.0795 e. The van der Waals surface area contributed by atoms with Crippen molar-refractivity contribution in [2.75, 3.05) is 20.1 Å². The van der Waals surface area contributed by atoms with Gasteiger partial charge in [0.25, 0.3) is 0 Å². The monoisotopic (exact) mass is 303 g/mol. The minimum atomic E-state index is 0.562. The summed E-state index contributed by atoms with van der Waals surface area (Å²) in [4.78, 5) is 6.63. The maximum atomic E-state index is 4.33. The van der Waals surface area contributed by atoms with E-state index in [4.69, 9.17) is 0 Å². The zero-order chi connectivity index (χ0) is 15.1. The first-order valence-corrected chi connectivity index (χ1v) is 8.48. The lowest BCUT2D eigenvalue weighted by molar-refractivity contribution is 0.316. The van der Waals surface area contributed by atoms with Crippen molar-refractivity contribution in [3.63, 3.8) is 0 Å². The van der Waals surface area contributed by atoms with Gasteiger partial charge < -0.3 is 5.32 Å². The van der Waals surface area contributed by atoms with Gasteiger partial charge in [-0.1, -0.05) is 38.1 Å². The molecule has 114 valence electrons. The molecule has 1 N–H and O–H groups in total. The summed E-state index contributed by atoms with van der Waals surface area (Å²) in [5, 5.41) is 5.52. The lowest BCUT2D eigenvalue weighted by atomic mass is 9.99. The highest BCUT2D eigenvalue weighted by Gasteiger charge is 2.06. The first kappa shape index (κ1) is 16.1. The van der Waals surface area contributed by atoms with E-state index in [1.54, 1.807) is 11.3 Å². The van der Waals surface area contributed by atoms with Gasteiger partial charge in [0.05, 0.1) is 11.2 Å². The number of hydrogen-bond acceptors (Lipinski definition) is 4. The minimum absolute atomic E-state index is 0.562. The molecule has 3 nitrogen and oxygen atoms in total. The Morgan fingerprint density at radius 3 is 2.62 bits per heavy atom. The van der Waals surface area contributed by atoms with Crippen LogP contribution in [0.15, 0.2) is 35.2 Å². The number of aromatic nitrogens is 1. The number of benzene rings is 1. The number of likely N-dealkylation sites (N-methyl/N-ethyl adjacent to an activating group) is 1. The van der Waals surface area contributed by atoms with Gasteiger partial charge in [0.15, 0.2) is 0 Å². The molecule has 0 radical (unpaired) electrons. The van der Waals surface area contributed by atoms with E-state index in [1.807, 2.05) is 5.51 Å². The molecule has 0 aliphatic heterocycles. The molecule has 0 aliphatic carbocycles. The topological polar surface area (TPSA) is 28.2 Å². The quantitative estimate of drug-likeness (QED) is 0.809. The van der Waals surface area contributed by atoms with E-state index in [2.05, 4.69) is 65.7 Å². The van der Waals surface area contributed by atoms with Crippen molar-refractivity contribution in [2.45, 2.75) is 32.9 Å². The van der Waals surface area contributed by atoms with Crippen molar-refractivity contribution in [1.29, 1.82) is 0 Å². The van der Waals surface area contributed by atoms with E-state index >= 15 is 0 Å². The van der Waals surface area contributed by atoms with Crippen LogP contribution >= 0.6 is 11.3 Å².